The van der Waals surface area contributed by atoms with Crippen LogP contribution >= 0.6 is 0 Å². The number of likely N-dealkylation sites (N-methyl/N-ethyl adjacent to an activating group) is 1. The first kappa shape index (κ1) is 22.3. The molecule has 0 bridgehead atoms. The highest BCUT2D eigenvalue weighted by Gasteiger charge is 2.23. The van der Waals surface area contributed by atoms with E-state index in [-0.39, 0.29) is 5.41 Å². The SMILES string of the molecule is CCN1CCCC1CNC(=NCc1nnc(C)n1C)NCc1ncc(C(C)(C)C)o1. The van der Waals surface area contributed by atoms with Gasteiger partial charge in [0, 0.05) is 25.0 Å². The molecule has 0 amide bonds. The van der Waals surface area contributed by atoms with E-state index >= 15 is 0 Å². The number of hydrogen-bond acceptors (Lipinski definition) is 6. The summed E-state index contributed by atoms with van der Waals surface area (Å²) in [6.07, 6.45) is 4.27. The van der Waals surface area contributed by atoms with Crippen molar-refractivity contribution in [1.82, 2.24) is 35.3 Å². The molecule has 0 saturated carbocycles. The number of oxazole rings is 1. The molecule has 2 aromatic rings. The van der Waals surface area contributed by atoms with Gasteiger partial charge < -0.3 is 19.6 Å². The van der Waals surface area contributed by atoms with Crippen LogP contribution in [-0.4, -0.2) is 56.3 Å². The third-order valence-corrected chi connectivity index (χ3v) is 5.67. The van der Waals surface area contributed by atoms with Crippen LogP contribution in [-0.2, 0) is 25.6 Å². The van der Waals surface area contributed by atoms with Crippen LogP contribution in [0.1, 0.15) is 63.8 Å². The highest BCUT2D eigenvalue weighted by atomic mass is 16.4. The molecular formula is C21H36N8O. The second kappa shape index (κ2) is 9.59. The molecule has 9 heteroatoms. The van der Waals surface area contributed by atoms with Gasteiger partial charge in [-0.15, -0.1) is 10.2 Å². The molecule has 0 spiro atoms. The van der Waals surface area contributed by atoms with Crippen molar-refractivity contribution in [3.05, 3.63) is 29.5 Å². The molecule has 1 aliphatic rings. The first-order chi connectivity index (χ1) is 14.3. The van der Waals surface area contributed by atoms with Crippen LogP contribution in [0, 0.1) is 6.92 Å². The summed E-state index contributed by atoms with van der Waals surface area (Å²) in [5.41, 5.74) is -0.0600. The molecule has 2 aromatic heterocycles. The van der Waals surface area contributed by atoms with Gasteiger partial charge in [0.2, 0.25) is 5.89 Å². The van der Waals surface area contributed by atoms with Gasteiger partial charge in [0.15, 0.2) is 11.8 Å². The van der Waals surface area contributed by atoms with E-state index in [2.05, 4.69) is 58.4 Å². The van der Waals surface area contributed by atoms with Crippen LogP contribution < -0.4 is 10.6 Å². The smallest absolute Gasteiger partial charge is 0.213 e. The average Bonchev–Trinajstić information content (AvgIpc) is 3.43. The molecule has 0 aromatic carbocycles. The summed E-state index contributed by atoms with van der Waals surface area (Å²) in [4.78, 5) is 11.7. The van der Waals surface area contributed by atoms with Crippen molar-refractivity contribution in [3.8, 4) is 0 Å². The van der Waals surface area contributed by atoms with Crippen LogP contribution in [0.15, 0.2) is 15.6 Å². The molecule has 2 N–H and O–H groups in total. The Bertz CT molecular complexity index is 848. The summed E-state index contributed by atoms with van der Waals surface area (Å²) in [6.45, 7) is 14.5. The molecule has 1 aliphatic heterocycles. The van der Waals surface area contributed by atoms with Crippen LogP contribution in [0.5, 0.6) is 0 Å². The molecule has 9 nitrogen and oxygen atoms in total. The van der Waals surface area contributed by atoms with Crippen molar-refractivity contribution in [1.29, 1.82) is 0 Å². The largest absolute Gasteiger partial charge is 0.443 e. The van der Waals surface area contributed by atoms with E-state index in [1.54, 1.807) is 6.20 Å². The molecule has 0 radical (unpaired) electrons. The Morgan fingerprint density at radius 1 is 1.30 bits per heavy atom. The molecule has 1 fully saturated rings. The Kier molecular flexibility index (Phi) is 7.12. The number of likely N-dealkylation sites (tertiary alicyclic amines) is 1. The van der Waals surface area contributed by atoms with E-state index < -0.39 is 0 Å². The van der Waals surface area contributed by atoms with Gasteiger partial charge in [-0.25, -0.2) is 9.98 Å². The minimum Gasteiger partial charge on any atom is -0.443 e. The molecule has 30 heavy (non-hydrogen) atoms. The van der Waals surface area contributed by atoms with Gasteiger partial charge >= 0.3 is 0 Å². The fourth-order valence-electron chi connectivity index (χ4n) is 3.57. The van der Waals surface area contributed by atoms with E-state index in [1.165, 1.54) is 19.4 Å². The van der Waals surface area contributed by atoms with Crippen molar-refractivity contribution < 1.29 is 4.42 Å². The average molecular weight is 417 g/mol. The fourth-order valence-corrected chi connectivity index (χ4v) is 3.57. The third-order valence-electron chi connectivity index (χ3n) is 5.67. The fraction of sp³-hybridized carbons (Fsp3) is 0.714. The molecule has 3 rings (SSSR count). The molecule has 166 valence electrons. The number of rotatable bonds is 7. The number of nitrogens with one attached hydrogen (secondary N) is 2. The highest BCUT2D eigenvalue weighted by molar-refractivity contribution is 5.79. The molecule has 1 atom stereocenters. The van der Waals surface area contributed by atoms with E-state index in [9.17, 15) is 0 Å². The van der Waals surface area contributed by atoms with Crippen molar-refractivity contribution >= 4 is 5.96 Å². The summed E-state index contributed by atoms with van der Waals surface area (Å²) in [5.74, 6) is 3.97. The summed E-state index contributed by atoms with van der Waals surface area (Å²) < 4.78 is 7.86. The van der Waals surface area contributed by atoms with Gasteiger partial charge in [-0.1, -0.05) is 27.7 Å². The minimum atomic E-state index is -0.0600. The van der Waals surface area contributed by atoms with Gasteiger partial charge in [-0.3, -0.25) is 4.90 Å². The monoisotopic (exact) mass is 416 g/mol. The predicted octanol–water partition coefficient (Wildman–Crippen LogP) is 2.13. The van der Waals surface area contributed by atoms with Crippen molar-refractivity contribution in [2.45, 2.75) is 72.0 Å². The number of hydrogen-bond donors (Lipinski definition) is 2. The Hall–Kier alpha value is -2.42. The number of aryl methyl sites for hydroxylation is 1. The Labute approximate surface area is 179 Å². The van der Waals surface area contributed by atoms with E-state index in [1.807, 2.05) is 18.5 Å². The summed E-state index contributed by atoms with van der Waals surface area (Å²) in [6, 6.07) is 0.535. The normalized spacial score (nSPS) is 18.2. The minimum absolute atomic E-state index is 0.0600. The zero-order valence-electron chi connectivity index (χ0n) is 19.2. The van der Waals surface area contributed by atoms with Gasteiger partial charge in [0.1, 0.15) is 18.1 Å². The first-order valence-electron chi connectivity index (χ1n) is 10.8. The number of nitrogens with zero attached hydrogens (tertiary/aromatic N) is 6. The van der Waals surface area contributed by atoms with Gasteiger partial charge in [0.05, 0.1) is 12.7 Å². The predicted molar refractivity (Wildman–Crippen MR) is 117 cm³/mol. The van der Waals surface area contributed by atoms with Gasteiger partial charge in [-0.2, -0.15) is 0 Å². The van der Waals surface area contributed by atoms with Gasteiger partial charge in [0.25, 0.3) is 0 Å². The standard InChI is InChI=1S/C21H36N8O/c1-7-29-10-8-9-16(29)11-23-20(24-13-18-27-26-15(2)28(18)6)25-14-19-22-12-17(30-19)21(3,4)5/h12,16H,7-11,13-14H2,1-6H3,(H2,23,24,25). The first-order valence-corrected chi connectivity index (χ1v) is 10.8. The number of aromatic nitrogens is 4. The van der Waals surface area contributed by atoms with Crippen LogP contribution in [0.3, 0.4) is 0 Å². The molecule has 3 heterocycles. The van der Waals surface area contributed by atoms with Crippen LogP contribution in [0.25, 0.3) is 0 Å². The topological polar surface area (TPSA) is 96.4 Å². The second-order valence-electron chi connectivity index (χ2n) is 8.91. The third kappa shape index (κ3) is 5.59. The molecule has 0 aliphatic carbocycles. The Morgan fingerprint density at radius 3 is 2.73 bits per heavy atom. The highest BCUT2D eigenvalue weighted by Crippen LogP contribution is 2.22. The zero-order chi connectivity index (χ0) is 21.7. The lowest BCUT2D eigenvalue weighted by molar-refractivity contribution is 0.267. The lowest BCUT2D eigenvalue weighted by atomic mass is 9.94. The van der Waals surface area contributed by atoms with Crippen molar-refractivity contribution in [3.63, 3.8) is 0 Å². The summed E-state index contributed by atoms with van der Waals surface area (Å²) >= 11 is 0. The lowest BCUT2D eigenvalue weighted by Crippen LogP contribution is -2.44. The number of aliphatic imine (C=N–C) groups is 1. The maximum Gasteiger partial charge on any atom is 0.213 e. The molecule has 1 unspecified atom stereocenters. The van der Waals surface area contributed by atoms with E-state index in [0.717, 1.165) is 36.5 Å². The number of guanidine groups is 1. The summed E-state index contributed by atoms with van der Waals surface area (Å²) in [5, 5.41) is 15.2. The van der Waals surface area contributed by atoms with E-state index in [4.69, 9.17) is 9.41 Å². The zero-order valence-corrected chi connectivity index (χ0v) is 19.2. The quantitative estimate of drug-likeness (QED) is 0.527. The maximum atomic E-state index is 5.91. The maximum absolute atomic E-state index is 5.91. The van der Waals surface area contributed by atoms with Crippen molar-refractivity contribution in [2.24, 2.45) is 12.0 Å². The van der Waals surface area contributed by atoms with Crippen LogP contribution in [0.4, 0.5) is 0 Å². The molecular weight excluding hydrogens is 380 g/mol. The van der Waals surface area contributed by atoms with Gasteiger partial charge in [-0.05, 0) is 32.9 Å². The van der Waals surface area contributed by atoms with E-state index in [0.29, 0.717) is 25.0 Å². The molecule has 1 saturated heterocycles. The Morgan fingerprint density at radius 2 is 2.10 bits per heavy atom. The lowest BCUT2D eigenvalue weighted by Gasteiger charge is -2.24. The summed E-state index contributed by atoms with van der Waals surface area (Å²) in [7, 11) is 1.96. The second-order valence-corrected chi connectivity index (χ2v) is 8.91. The van der Waals surface area contributed by atoms with Crippen molar-refractivity contribution in [2.75, 3.05) is 19.6 Å². The van der Waals surface area contributed by atoms with Crippen LogP contribution in [0.2, 0.25) is 0 Å². The Balaban J connectivity index is 1.65.